The fourth-order valence-corrected chi connectivity index (χ4v) is 1.46. The first-order valence-corrected chi connectivity index (χ1v) is 4.21. The van der Waals surface area contributed by atoms with Crippen molar-refractivity contribution in [3.63, 3.8) is 0 Å². The third kappa shape index (κ3) is 1.57. The van der Waals surface area contributed by atoms with Crippen LogP contribution in [-0.4, -0.2) is 35.8 Å². The van der Waals surface area contributed by atoms with E-state index in [9.17, 15) is 57.1 Å². The molecule has 1 aliphatic rings. The Morgan fingerprint density at radius 2 is 0.750 bits per heavy atom. The molecule has 0 N–H and O–H groups in total. The van der Waals surface area contributed by atoms with Crippen LogP contribution in [0.25, 0.3) is 0 Å². The lowest BCUT2D eigenvalue weighted by atomic mass is 9.74. The average molecular weight is 331 g/mol. The lowest BCUT2D eigenvalue weighted by Crippen LogP contribution is -2.78. The Labute approximate surface area is 100 Å². The Morgan fingerprint density at radius 1 is 0.500 bits per heavy atom. The molecule has 1 radical (unpaired) electrons. The van der Waals surface area contributed by atoms with Gasteiger partial charge in [-0.2, -0.15) is 57.1 Å². The summed E-state index contributed by atoms with van der Waals surface area (Å²) in [7, 11) is 0. The highest BCUT2D eigenvalue weighted by atomic mass is 19.4. The maximum Gasteiger partial charge on any atom is 0.408 e. The molecule has 1 aliphatic carbocycles. The van der Waals surface area contributed by atoms with Gasteiger partial charge >= 0.3 is 35.8 Å². The first kappa shape index (κ1) is 17.1. The minimum Gasteiger partial charge on any atom is -0.198 e. The van der Waals surface area contributed by atoms with Crippen LogP contribution >= 0.6 is 0 Å². The van der Waals surface area contributed by atoms with Crippen molar-refractivity contribution < 1.29 is 57.1 Å². The molecule has 1 fully saturated rings. The van der Waals surface area contributed by atoms with E-state index in [1.807, 2.05) is 0 Å². The highest BCUT2D eigenvalue weighted by Crippen LogP contribution is 2.70. The minimum atomic E-state index is -7.40. The van der Waals surface area contributed by atoms with Crippen LogP contribution in [0.2, 0.25) is 0 Å². The maximum atomic E-state index is 12.7. The van der Waals surface area contributed by atoms with Gasteiger partial charge in [-0.05, 0) is 0 Å². The normalized spacial score (nSPS) is 31.1. The van der Waals surface area contributed by atoms with E-state index in [-0.39, 0.29) is 0 Å². The molecule has 0 aliphatic heterocycles. The molecule has 0 saturated heterocycles. The molecule has 0 atom stereocenters. The summed E-state index contributed by atoms with van der Waals surface area (Å²) in [5.74, 6) is -41.5. The molecule has 0 aromatic carbocycles. The minimum absolute atomic E-state index is 4.92. The van der Waals surface area contributed by atoms with Gasteiger partial charge in [0.1, 0.15) is 0 Å². The van der Waals surface area contributed by atoms with Crippen molar-refractivity contribution in [2.75, 3.05) is 0 Å². The maximum absolute atomic E-state index is 12.7. The van der Waals surface area contributed by atoms with E-state index >= 15 is 0 Å². The molecule has 20 heavy (non-hydrogen) atoms. The van der Waals surface area contributed by atoms with Crippen LogP contribution < -0.4 is 0 Å². The number of alkyl halides is 13. The van der Waals surface area contributed by atoms with Crippen molar-refractivity contribution in [3.8, 4) is 0 Å². The van der Waals surface area contributed by atoms with E-state index in [1.165, 1.54) is 0 Å². The summed E-state index contributed by atoms with van der Waals surface area (Å²) in [6.07, 6.45) is -7.06. The average Bonchev–Trinajstić information content (AvgIpc) is 2.11. The first-order chi connectivity index (χ1) is 8.37. The van der Waals surface area contributed by atoms with Crippen LogP contribution in [-0.2, 0) is 0 Å². The van der Waals surface area contributed by atoms with Gasteiger partial charge in [-0.3, -0.25) is 0 Å². The number of rotatable bonds is 0. The van der Waals surface area contributed by atoms with Crippen molar-refractivity contribution in [2.45, 2.75) is 35.8 Å². The summed E-state index contributed by atoms with van der Waals surface area (Å²) in [5.41, 5.74) is 0. The van der Waals surface area contributed by atoms with E-state index in [2.05, 4.69) is 0 Å². The second-order valence-electron chi connectivity index (χ2n) is 3.74. The van der Waals surface area contributed by atoms with E-state index in [1.54, 1.807) is 0 Å². The Bertz CT molecular complexity index is 371. The zero-order chi connectivity index (χ0) is 16.6. The summed E-state index contributed by atoms with van der Waals surface area (Å²) in [6, 6.07) is 0. The summed E-state index contributed by atoms with van der Waals surface area (Å²) in [6.45, 7) is 0. The molecule has 0 amide bonds. The van der Waals surface area contributed by atoms with Crippen molar-refractivity contribution in [3.05, 3.63) is 5.92 Å². The molecule has 1 saturated carbocycles. The predicted octanol–water partition coefficient (Wildman–Crippen LogP) is 4.31. The van der Waals surface area contributed by atoms with E-state index in [0.717, 1.165) is 0 Å². The van der Waals surface area contributed by atoms with Crippen molar-refractivity contribution in [1.29, 1.82) is 0 Å². The van der Waals surface area contributed by atoms with Gasteiger partial charge in [0.15, 0.2) is 0 Å². The van der Waals surface area contributed by atoms with Gasteiger partial charge in [-0.1, -0.05) is 0 Å². The molecule has 0 bridgehead atoms. The molecule has 119 valence electrons. The van der Waals surface area contributed by atoms with Crippen LogP contribution in [0.5, 0.6) is 0 Å². The standard InChI is InChI=1S/C7F13/c8-2(9)1(4(12,13)14)3(10,11)6(17,18)7(19,20)5(2,15)16. The van der Waals surface area contributed by atoms with Crippen molar-refractivity contribution >= 4 is 0 Å². The van der Waals surface area contributed by atoms with Crippen LogP contribution in [0, 0.1) is 5.92 Å². The first-order valence-electron chi connectivity index (χ1n) is 4.21. The number of hydrogen-bond acceptors (Lipinski definition) is 0. The molecule has 0 heterocycles. The molecule has 0 aromatic rings. The zero-order valence-electron chi connectivity index (χ0n) is 8.41. The van der Waals surface area contributed by atoms with Gasteiger partial charge in [0, 0.05) is 0 Å². The summed E-state index contributed by atoms with van der Waals surface area (Å²) in [5, 5.41) is 0. The summed E-state index contributed by atoms with van der Waals surface area (Å²) >= 11 is 0. The summed E-state index contributed by atoms with van der Waals surface area (Å²) < 4.78 is 162. The van der Waals surface area contributed by atoms with Gasteiger partial charge in [0.05, 0.1) is 0 Å². The van der Waals surface area contributed by atoms with Crippen molar-refractivity contribution in [2.24, 2.45) is 0 Å². The lowest BCUT2D eigenvalue weighted by Gasteiger charge is -2.49. The van der Waals surface area contributed by atoms with Crippen molar-refractivity contribution in [1.82, 2.24) is 0 Å². The molecule has 0 nitrogen and oxygen atoms in total. The molecular weight excluding hydrogens is 331 g/mol. The Balaban J connectivity index is 3.74. The van der Waals surface area contributed by atoms with Gasteiger partial charge < -0.3 is 0 Å². The monoisotopic (exact) mass is 331 g/mol. The molecular formula is C7F13. The number of hydrogen-bond donors (Lipinski definition) is 0. The highest BCUT2D eigenvalue weighted by Gasteiger charge is 2.98. The molecule has 0 aromatic heterocycles. The van der Waals surface area contributed by atoms with Gasteiger partial charge in [0.25, 0.3) is 0 Å². The third-order valence-electron chi connectivity index (χ3n) is 2.49. The van der Waals surface area contributed by atoms with Crippen LogP contribution in [0.3, 0.4) is 0 Å². The summed E-state index contributed by atoms with van der Waals surface area (Å²) in [4.78, 5) is 0. The van der Waals surface area contributed by atoms with Gasteiger partial charge in [-0.15, -0.1) is 0 Å². The smallest absolute Gasteiger partial charge is 0.198 e. The van der Waals surface area contributed by atoms with E-state index < -0.39 is 41.7 Å². The molecule has 1 rings (SSSR count). The molecule has 0 unspecified atom stereocenters. The van der Waals surface area contributed by atoms with Crippen LogP contribution in [0.15, 0.2) is 0 Å². The fraction of sp³-hybridized carbons (Fsp3) is 0.857. The second kappa shape index (κ2) is 3.64. The predicted molar refractivity (Wildman–Crippen MR) is 34.0 cm³/mol. The van der Waals surface area contributed by atoms with Crippen LogP contribution in [0.1, 0.15) is 0 Å². The lowest BCUT2D eigenvalue weighted by molar-refractivity contribution is -0.445. The Hall–Kier alpha value is -0.910. The Morgan fingerprint density at radius 3 is 0.950 bits per heavy atom. The topological polar surface area (TPSA) is 0 Å². The van der Waals surface area contributed by atoms with Gasteiger partial charge in [-0.25, -0.2) is 0 Å². The largest absolute Gasteiger partial charge is 0.408 e. The van der Waals surface area contributed by atoms with E-state index in [0.29, 0.717) is 0 Å². The SMILES string of the molecule is FC(F)(F)[C]1C(F)(F)C(F)(F)C(F)(F)C(F)(F)C1(F)F. The Kier molecular flexibility index (Phi) is 3.12. The highest BCUT2D eigenvalue weighted by molar-refractivity contribution is 5.34. The molecule has 0 spiro atoms. The van der Waals surface area contributed by atoms with E-state index in [4.69, 9.17) is 0 Å². The van der Waals surface area contributed by atoms with Gasteiger partial charge in [0.2, 0.25) is 5.92 Å². The molecule has 13 heteroatoms. The fourth-order valence-electron chi connectivity index (χ4n) is 1.46. The van der Waals surface area contributed by atoms with Crippen LogP contribution in [0.4, 0.5) is 57.1 Å². The second-order valence-corrected chi connectivity index (χ2v) is 3.74. The quantitative estimate of drug-likeness (QED) is 0.580. The zero-order valence-corrected chi connectivity index (χ0v) is 8.41. The third-order valence-corrected chi connectivity index (χ3v) is 2.49. The number of halogens is 13.